The van der Waals surface area contributed by atoms with Crippen LogP contribution in [0, 0.1) is 11.8 Å². The minimum atomic E-state index is -1.09. The third-order valence-corrected chi connectivity index (χ3v) is 10.3. The Morgan fingerprint density at radius 2 is 1.62 bits per heavy atom. The second-order valence-corrected chi connectivity index (χ2v) is 12.2. The molecule has 2 saturated heterocycles. The summed E-state index contributed by atoms with van der Waals surface area (Å²) < 4.78 is 0. The van der Waals surface area contributed by atoms with Crippen LogP contribution in [0.1, 0.15) is 54.7 Å². The van der Waals surface area contributed by atoms with Crippen molar-refractivity contribution in [2.24, 2.45) is 11.8 Å². The molecular weight excluding hydrogens is 527 g/mol. The second-order valence-electron chi connectivity index (χ2n) is 11.4. The number of rotatable bonds is 4. The lowest BCUT2D eigenvalue weighted by Crippen LogP contribution is -2.56. The molecule has 1 N–H and O–H groups in total. The molecule has 0 bridgehead atoms. The van der Waals surface area contributed by atoms with E-state index in [4.69, 9.17) is 23.2 Å². The fourth-order valence-corrected chi connectivity index (χ4v) is 8.68. The van der Waals surface area contributed by atoms with Crippen LogP contribution in [0.5, 0.6) is 0 Å². The van der Waals surface area contributed by atoms with Crippen molar-refractivity contribution < 1.29 is 9.59 Å². The molecule has 198 valence electrons. The van der Waals surface area contributed by atoms with Gasteiger partial charge < -0.3 is 5.32 Å². The van der Waals surface area contributed by atoms with Gasteiger partial charge in [0.05, 0.1) is 5.92 Å². The molecule has 0 unspecified atom stereocenters. The molecule has 3 aromatic carbocycles. The predicted molar refractivity (Wildman–Crippen MR) is 156 cm³/mol. The fraction of sp³-hybridized carbons (Fsp3) is 0.333. The van der Waals surface area contributed by atoms with Gasteiger partial charge in [-0.05, 0) is 66.7 Å². The Morgan fingerprint density at radius 3 is 2.44 bits per heavy atom. The van der Waals surface area contributed by atoms with E-state index in [9.17, 15) is 9.59 Å². The molecule has 1 amide bonds. The van der Waals surface area contributed by atoms with Crippen molar-refractivity contribution in [1.29, 1.82) is 0 Å². The summed E-state index contributed by atoms with van der Waals surface area (Å²) in [6.45, 7) is 0. The van der Waals surface area contributed by atoms with Gasteiger partial charge in [0, 0.05) is 39.3 Å². The number of fused-ring (bicyclic) bond motifs is 6. The van der Waals surface area contributed by atoms with Crippen LogP contribution in [0.4, 0.5) is 5.69 Å². The van der Waals surface area contributed by atoms with Gasteiger partial charge in [-0.3, -0.25) is 14.5 Å². The number of halogens is 2. The number of benzene rings is 3. The Morgan fingerprint density at radius 1 is 0.897 bits per heavy atom. The molecular formula is C33H30Cl2N2O2. The number of ketones is 1. The summed E-state index contributed by atoms with van der Waals surface area (Å²) in [7, 11) is 0. The lowest BCUT2D eigenvalue weighted by Gasteiger charge is -2.42. The van der Waals surface area contributed by atoms with Gasteiger partial charge in [0.15, 0.2) is 5.78 Å². The highest BCUT2D eigenvalue weighted by molar-refractivity contribution is 6.32. The highest BCUT2D eigenvalue weighted by Crippen LogP contribution is 2.64. The highest BCUT2D eigenvalue weighted by atomic mass is 35.5. The van der Waals surface area contributed by atoms with Crippen LogP contribution in [0.25, 0.3) is 6.08 Å². The number of hydrogen-bond acceptors (Lipinski definition) is 3. The van der Waals surface area contributed by atoms with E-state index < -0.39 is 11.5 Å². The molecule has 0 aromatic heterocycles. The Balaban J connectivity index is 1.45. The fourth-order valence-electron chi connectivity index (χ4n) is 8.21. The van der Waals surface area contributed by atoms with Crippen molar-refractivity contribution in [3.8, 4) is 0 Å². The number of nitrogens with one attached hydrogen (secondary N) is 1. The minimum Gasteiger partial charge on any atom is -0.324 e. The van der Waals surface area contributed by atoms with Gasteiger partial charge in [-0.1, -0.05) is 90.6 Å². The number of carbonyl (C=O) groups excluding carboxylic acids is 2. The third kappa shape index (κ3) is 3.68. The Labute approximate surface area is 239 Å². The molecule has 1 aliphatic carbocycles. The molecule has 1 saturated carbocycles. The highest BCUT2D eigenvalue weighted by Gasteiger charge is 2.72. The smallest absolute Gasteiger partial charge is 0.250 e. The summed E-state index contributed by atoms with van der Waals surface area (Å²) in [6, 6.07) is 23.6. The third-order valence-electron chi connectivity index (χ3n) is 9.59. The molecule has 4 nitrogen and oxygen atoms in total. The molecule has 4 aliphatic rings. The number of carbonyl (C=O) groups is 2. The van der Waals surface area contributed by atoms with E-state index >= 15 is 0 Å². The lowest BCUT2D eigenvalue weighted by atomic mass is 9.68. The zero-order valence-electron chi connectivity index (χ0n) is 21.5. The van der Waals surface area contributed by atoms with E-state index in [2.05, 4.69) is 10.2 Å². The van der Waals surface area contributed by atoms with Crippen LogP contribution in [-0.2, 0) is 15.1 Å². The lowest BCUT2D eigenvalue weighted by molar-refractivity contribution is -0.136. The van der Waals surface area contributed by atoms with Crippen LogP contribution >= 0.6 is 23.2 Å². The van der Waals surface area contributed by atoms with Crippen molar-refractivity contribution in [3.05, 3.63) is 106 Å². The number of para-hydroxylation sites is 1. The first-order chi connectivity index (χ1) is 19.0. The molecule has 1 spiro atoms. The maximum atomic E-state index is 14.6. The van der Waals surface area contributed by atoms with E-state index in [0.717, 1.165) is 48.1 Å². The van der Waals surface area contributed by atoms with Gasteiger partial charge in [-0.25, -0.2) is 0 Å². The number of hydrogen-bond donors (Lipinski definition) is 1. The summed E-state index contributed by atoms with van der Waals surface area (Å²) in [5, 5.41) is 4.41. The zero-order chi connectivity index (χ0) is 26.7. The molecule has 6 heteroatoms. The summed E-state index contributed by atoms with van der Waals surface area (Å²) in [5.41, 5.74) is 2.34. The number of nitrogens with zero attached hydrogens (tertiary/aromatic N) is 1. The molecule has 3 fully saturated rings. The van der Waals surface area contributed by atoms with Crippen LogP contribution in [0.15, 0.2) is 78.9 Å². The maximum Gasteiger partial charge on any atom is 0.250 e. The summed E-state index contributed by atoms with van der Waals surface area (Å²) >= 11 is 13.3. The van der Waals surface area contributed by atoms with Crippen LogP contribution in [0.2, 0.25) is 10.0 Å². The van der Waals surface area contributed by atoms with Gasteiger partial charge in [0.2, 0.25) is 5.91 Å². The SMILES string of the molecule is O=C(/C=C/c1ccccc1Cl)[C@H]1[C@H](c2ccccc2Cl)[C@H]2C[C@H]3CCCC[C@@H]3N2[C@]12C(=O)Nc1ccccc12. The van der Waals surface area contributed by atoms with Crippen molar-refractivity contribution in [1.82, 2.24) is 4.90 Å². The molecule has 3 heterocycles. The maximum absolute atomic E-state index is 14.6. The Kier molecular flexibility index (Phi) is 6.18. The van der Waals surface area contributed by atoms with Crippen molar-refractivity contribution >= 4 is 46.7 Å². The molecule has 0 radical (unpaired) electrons. The normalized spacial score (nSPS) is 31.3. The first-order valence-corrected chi connectivity index (χ1v) is 14.7. The molecule has 7 rings (SSSR count). The van der Waals surface area contributed by atoms with Crippen molar-refractivity contribution in [3.63, 3.8) is 0 Å². The molecule has 3 aromatic rings. The van der Waals surface area contributed by atoms with Gasteiger partial charge in [-0.2, -0.15) is 0 Å². The molecule has 3 aliphatic heterocycles. The van der Waals surface area contributed by atoms with Gasteiger partial charge in [0.25, 0.3) is 0 Å². The Bertz CT molecular complexity index is 1500. The average molecular weight is 558 g/mol. The van der Waals surface area contributed by atoms with Crippen LogP contribution in [0.3, 0.4) is 0 Å². The van der Waals surface area contributed by atoms with Gasteiger partial charge in [-0.15, -0.1) is 0 Å². The van der Waals surface area contributed by atoms with Crippen LogP contribution in [-0.4, -0.2) is 28.7 Å². The predicted octanol–water partition coefficient (Wildman–Crippen LogP) is 7.47. The first kappa shape index (κ1) is 25.1. The Hall–Kier alpha value is -2.92. The zero-order valence-corrected chi connectivity index (χ0v) is 23.0. The first-order valence-electron chi connectivity index (χ1n) is 13.9. The number of allylic oxidation sites excluding steroid dienone is 1. The van der Waals surface area contributed by atoms with E-state index in [-0.39, 0.29) is 29.7 Å². The van der Waals surface area contributed by atoms with Crippen molar-refractivity contribution in [2.45, 2.75) is 55.6 Å². The number of anilines is 1. The largest absolute Gasteiger partial charge is 0.324 e. The molecule has 39 heavy (non-hydrogen) atoms. The van der Waals surface area contributed by atoms with E-state index in [1.54, 1.807) is 12.2 Å². The van der Waals surface area contributed by atoms with E-state index in [1.165, 1.54) is 6.42 Å². The quantitative estimate of drug-likeness (QED) is 0.339. The summed E-state index contributed by atoms with van der Waals surface area (Å²) in [5.74, 6) is -0.509. The van der Waals surface area contributed by atoms with Crippen molar-refractivity contribution in [2.75, 3.05) is 5.32 Å². The number of amides is 1. The van der Waals surface area contributed by atoms with Gasteiger partial charge >= 0.3 is 0 Å². The van der Waals surface area contributed by atoms with E-state index in [0.29, 0.717) is 16.0 Å². The van der Waals surface area contributed by atoms with E-state index in [1.807, 2.05) is 72.8 Å². The van der Waals surface area contributed by atoms with Crippen LogP contribution < -0.4 is 5.32 Å². The average Bonchev–Trinajstić information content (AvgIpc) is 3.56. The second kappa shape index (κ2) is 9.62. The summed E-state index contributed by atoms with van der Waals surface area (Å²) in [4.78, 5) is 31.4. The minimum absolute atomic E-state index is 0.0394. The molecule has 6 atom stereocenters. The topological polar surface area (TPSA) is 49.4 Å². The standard InChI is InChI=1S/C33H30Cl2N2O2/c34-24-13-5-1-9-20(24)17-18-29(38)31-30(22-11-3-6-14-25(22)35)28-19-21-10-2-8-16-27(21)37(28)33(31)23-12-4-7-15-26(23)36-32(33)39/h1,3-7,9,11-15,17-18,21,27-28,30-31H,2,8,10,16,19H2,(H,36,39)/b18-17+/t21-,27+,28-,30-,31+,33+/m1/s1. The monoisotopic (exact) mass is 556 g/mol. The van der Waals surface area contributed by atoms with Gasteiger partial charge in [0.1, 0.15) is 5.54 Å². The summed E-state index contributed by atoms with van der Waals surface area (Å²) in [6.07, 6.45) is 8.96.